The van der Waals surface area contributed by atoms with Crippen LogP contribution in [0.5, 0.6) is 5.75 Å². The first kappa shape index (κ1) is 23.4. The van der Waals surface area contributed by atoms with Crippen molar-refractivity contribution in [2.24, 2.45) is 0 Å². The number of aromatic nitrogens is 3. The number of methoxy groups -OCH3 is 1. The van der Waals surface area contributed by atoms with Gasteiger partial charge in [0.2, 0.25) is 0 Å². The smallest absolute Gasteiger partial charge is 0.165 e. The zero-order valence-corrected chi connectivity index (χ0v) is 19.8. The Hall–Kier alpha value is -2.31. The first-order valence-corrected chi connectivity index (χ1v) is 11.0. The van der Waals surface area contributed by atoms with Crippen molar-refractivity contribution in [2.75, 3.05) is 31.7 Å². The molecule has 7 heteroatoms. The van der Waals surface area contributed by atoms with Crippen LogP contribution in [0.3, 0.4) is 0 Å². The van der Waals surface area contributed by atoms with Crippen molar-refractivity contribution >= 4 is 23.9 Å². The van der Waals surface area contributed by atoms with Gasteiger partial charge in [0.05, 0.1) is 12.8 Å². The van der Waals surface area contributed by atoms with Crippen molar-refractivity contribution in [3.63, 3.8) is 0 Å². The maximum atomic E-state index is 9.22. The number of ether oxygens (including phenoxy) is 1. The zero-order valence-electron chi connectivity index (χ0n) is 18.9. The summed E-state index contributed by atoms with van der Waals surface area (Å²) in [5.74, 6) is 2.05. The molecule has 0 fully saturated rings. The SMILES string of the molecule is CCN(CCCCO)c1c2c(nc3c(-c4ccc(OC)cc4C)c(C)nn13)CCC2.Cl. The van der Waals surface area contributed by atoms with Gasteiger partial charge in [-0.05, 0) is 76.1 Å². The Morgan fingerprint density at radius 3 is 2.68 bits per heavy atom. The average Bonchev–Trinajstić information content (AvgIpc) is 3.33. The number of aliphatic hydroxyl groups is 1. The third-order valence-electron chi connectivity index (χ3n) is 6.16. The molecule has 0 saturated carbocycles. The van der Waals surface area contributed by atoms with Crippen molar-refractivity contribution < 1.29 is 9.84 Å². The maximum absolute atomic E-state index is 9.22. The van der Waals surface area contributed by atoms with Crippen molar-refractivity contribution in [2.45, 2.75) is 52.9 Å². The number of hydrogen-bond donors (Lipinski definition) is 1. The molecular weight excluding hydrogens is 412 g/mol. The van der Waals surface area contributed by atoms with Gasteiger partial charge in [-0.1, -0.05) is 6.07 Å². The van der Waals surface area contributed by atoms with Gasteiger partial charge in [0, 0.05) is 36.5 Å². The van der Waals surface area contributed by atoms with Crippen molar-refractivity contribution in [1.82, 2.24) is 14.6 Å². The lowest BCUT2D eigenvalue weighted by Crippen LogP contribution is -2.28. The number of aryl methyl sites for hydroxylation is 3. The number of unbranched alkanes of at least 4 members (excludes halogenated alkanes) is 1. The summed E-state index contributed by atoms with van der Waals surface area (Å²) >= 11 is 0. The number of fused-ring (bicyclic) bond motifs is 2. The van der Waals surface area contributed by atoms with Gasteiger partial charge in [0.25, 0.3) is 0 Å². The molecule has 0 bridgehead atoms. The minimum Gasteiger partial charge on any atom is -0.497 e. The summed E-state index contributed by atoms with van der Waals surface area (Å²) in [6.07, 6.45) is 5.01. The minimum atomic E-state index is 0. The Morgan fingerprint density at radius 1 is 1.19 bits per heavy atom. The van der Waals surface area contributed by atoms with Crippen LogP contribution in [0.4, 0.5) is 5.82 Å². The molecule has 6 nitrogen and oxygen atoms in total. The van der Waals surface area contributed by atoms with Crippen LogP contribution in [0, 0.1) is 13.8 Å². The van der Waals surface area contributed by atoms with E-state index in [1.54, 1.807) is 7.11 Å². The van der Waals surface area contributed by atoms with Crippen molar-refractivity contribution in [1.29, 1.82) is 0 Å². The monoisotopic (exact) mass is 444 g/mol. The van der Waals surface area contributed by atoms with Crippen molar-refractivity contribution in [3.8, 4) is 16.9 Å². The molecule has 2 heterocycles. The highest BCUT2D eigenvalue weighted by Crippen LogP contribution is 2.37. The summed E-state index contributed by atoms with van der Waals surface area (Å²) in [6.45, 7) is 8.44. The molecule has 1 aliphatic rings. The van der Waals surface area contributed by atoms with E-state index in [9.17, 15) is 5.11 Å². The number of benzene rings is 1. The Balaban J connectivity index is 0.00000272. The van der Waals surface area contributed by atoms with Gasteiger partial charge in [-0.15, -0.1) is 12.4 Å². The highest BCUT2D eigenvalue weighted by molar-refractivity contribution is 5.85. The molecule has 1 N–H and O–H groups in total. The Morgan fingerprint density at radius 2 is 2.00 bits per heavy atom. The minimum absolute atomic E-state index is 0. The van der Waals surface area contributed by atoms with E-state index in [1.807, 2.05) is 6.07 Å². The number of halogens is 1. The summed E-state index contributed by atoms with van der Waals surface area (Å²) in [6, 6.07) is 6.19. The molecule has 168 valence electrons. The van der Waals surface area contributed by atoms with Crippen LogP contribution in [0.15, 0.2) is 18.2 Å². The second-order valence-electron chi connectivity index (χ2n) is 8.10. The highest BCUT2D eigenvalue weighted by atomic mass is 35.5. The molecule has 0 aliphatic heterocycles. The van der Waals surface area contributed by atoms with Gasteiger partial charge in [0.1, 0.15) is 11.6 Å². The number of nitrogens with zero attached hydrogens (tertiary/aromatic N) is 4. The van der Waals surface area contributed by atoms with Gasteiger partial charge in [0.15, 0.2) is 5.65 Å². The fourth-order valence-corrected chi connectivity index (χ4v) is 4.63. The number of anilines is 1. The largest absolute Gasteiger partial charge is 0.497 e. The van der Waals surface area contributed by atoms with Crippen molar-refractivity contribution in [3.05, 3.63) is 40.7 Å². The second kappa shape index (κ2) is 9.88. The Labute approximate surface area is 190 Å². The summed E-state index contributed by atoms with van der Waals surface area (Å²) in [4.78, 5) is 7.52. The molecular formula is C24H33ClN4O2. The van der Waals surface area contributed by atoms with E-state index < -0.39 is 0 Å². The van der Waals surface area contributed by atoms with E-state index in [-0.39, 0.29) is 19.0 Å². The molecule has 0 atom stereocenters. The molecule has 0 saturated heterocycles. The third kappa shape index (κ3) is 4.23. The van der Waals surface area contributed by atoms with Crippen LogP contribution in [0.2, 0.25) is 0 Å². The fourth-order valence-electron chi connectivity index (χ4n) is 4.63. The van der Waals surface area contributed by atoms with E-state index in [1.165, 1.54) is 17.1 Å². The van der Waals surface area contributed by atoms with Crippen LogP contribution in [-0.4, -0.2) is 46.5 Å². The maximum Gasteiger partial charge on any atom is 0.165 e. The molecule has 0 radical (unpaired) electrons. The molecule has 0 unspecified atom stereocenters. The van der Waals surface area contributed by atoms with E-state index in [2.05, 4.69) is 42.3 Å². The van der Waals surface area contributed by atoms with Crippen LogP contribution < -0.4 is 9.64 Å². The fraction of sp³-hybridized carbons (Fsp3) is 0.500. The molecule has 0 spiro atoms. The first-order chi connectivity index (χ1) is 14.6. The normalized spacial score (nSPS) is 12.7. The second-order valence-corrected chi connectivity index (χ2v) is 8.10. The van der Waals surface area contributed by atoms with E-state index in [0.717, 1.165) is 79.0 Å². The molecule has 31 heavy (non-hydrogen) atoms. The molecule has 1 aromatic carbocycles. The molecule has 0 amide bonds. The zero-order chi connectivity index (χ0) is 21.3. The van der Waals surface area contributed by atoms with E-state index >= 15 is 0 Å². The Kier molecular flexibility index (Phi) is 7.44. The standard InChI is InChI=1S/C24H32N4O2.ClH/c1-5-27(13-6-7-14-29)24-20-9-8-10-21(20)25-23-22(17(3)26-28(23)24)19-12-11-18(30-4)15-16(19)2;/h11-12,15,29H,5-10,13-14H2,1-4H3;1H. The highest BCUT2D eigenvalue weighted by Gasteiger charge is 2.27. The first-order valence-electron chi connectivity index (χ1n) is 11.0. The molecule has 3 aromatic rings. The van der Waals surface area contributed by atoms with Crippen LogP contribution in [-0.2, 0) is 12.8 Å². The Bertz CT molecular complexity index is 1060. The summed E-state index contributed by atoms with van der Waals surface area (Å²) in [5.41, 5.74) is 7.91. The lowest BCUT2D eigenvalue weighted by atomic mass is 10.0. The topological polar surface area (TPSA) is 62.9 Å². The lowest BCUT2D eigenvalue weighted by Gasteiger charge is -2.26. The lowest BCUT2D eigenvalue weighted by molar-refractivity contribution is 0.285. The number of rotatable bonds is 8. The number of aliphatic hydroxyl groups excluding tert-OH is 1. The predicted octanol–water partition coefficient (Wildman–Crippen LogP) is 4.53. The van der Waals surface area contributed by atoms with Gasteiger partial charge in [-0.3, -0.25) is 0 Å². The van der Waals surface area contributed by atoms with Gasteiger partial charge in [-0.25, -0.2) is 4.98 Å². The predicted molar refractivity (Wildman–Crippen MR) is 128 cm³/mol. The summed E-state index contributed by atoms with van der Waals surface area (Å²) in [7, 11) is 1.70. The van der Waals surface area contributed by atoms with E-state index in [0.29, 0.717) is 0 Å². The average molecular weight is 445 g/mol. The molecule has 1 aliphatic carbocycles. The molecule has 2 aromatic heterocycles. The van der Waals surface area contributed by atoms with Gasteiger partial charge < -0.3 is 14.7 Å². The summed E-state index contributed by atoms with van der Waals surface area (Å²) < 4.78 is 7.47. The van der Waals surface area contributed by atoms with Crippen LogP contribution in [0.25, 0.3) is 16.8 Å². The van der Waals surface area contributed by atoms with Gasteiger partial charge in [-0.2, -0.15) is 9.61 Å². The van der Waals surface area contributed by atoms with Crippen LogP contribution >= 0.6 is 12.4 Å². The van der Waals surface area contributed by atoms with Gasteiger partial charge >= 0.3 is 0 Å². The number of hydrogen-bond acceptors (Lipinski definition) is 5. The molecule has 4 rings (SSSR count). The van der Waals surface area contributed by atoms with E-state index in [4.69, 9.17) is 14.8 Å². The third-order valence-corrected chi connectivity index (χ3v) is 6.16. The quantitative estimate of drug-likeness (QED) is 0.517. The summed E-state index contributed by atoms with van der Waals surface area (Å²) in [5, 5.41) is 14.2. The van der Waals surface area contributed by atoms with Crippen LogP contribution in [0.1, 0.15) is 48.7 Å².